The van der Waals surface area contributed by atoms with E-state index in [9.17, 15) is 4.79 Å². The van der Waals surface area contributed by atoms with Crippen molar-refractivity contribution in [1.82, 2.24) is 15.5 Å². The molecular formula is C19H28BrIN4O. The normalized spacial score (nSPS) is 22.2. The molecule has 1 aromatic carbocycles. The van der Waals surface area contributed by atoms with E-state index in [4.69, 9.17) is 0 Å². The standard InChI is InChI=1S/C19H27BrN4O.HI/c1-2-21-19(22-10-4-12-24-11-3-5-18(24)25)23-17-13-16(17)14-6-8-15(20)9-7-14;/h6-9,16-17H,2-5,10-13H2,1H3,(H2,21,22,23);1H. The summed E-state index contributed by atoms with van der Waals surface area (Å²) < 4.78 is 1.12. The highest BCUT2D eigenvalue weighted by Gasteiger charge is 2.38. The lowest BCUT2D eigenvalue weighted by atomic mass is 10.1. The number of likely N-dealkylation sites (tertiary alicyclic amines) is 1. The van der Waals surface area contributed by atoms with Gasteiger partial charge in [-0.15, -0.1) is 24.0 Å². The quantitative estimate of drug-likeness (QED) is 0.244. The second kappa shape index (κ2) is 10.5. The van der Waals surface area contributed by atoms with Crippen LogP contribution in [-0.4, -0.2) is 49.0 Å². The maximum atomic E-state index is 11.6. The van der Waals surface area contributed by atoms with E-state index in [1.165, 1.54) is 5.56 Å². The van der Waals surface area contributed by atoms with Crippen LogP contribution in [0.3, 0.4) is 0 Å². The van der Waals surface area contributed by atoms with Crippen LogP contribution < -0.4 is 10.6 Å². The second-order valence-corrected chi connectivity index (χ2v) is 7.66. The molecule has 0 aromatic heterocycles. The highest BCUT2D eigenvalue weighted by atomic mass is 127. The van der Waals surface area contributed by atoms with E-state index >= 15 is 0 Å². The van der Waals surface area contributed by atoms with Crippen molar-refractivity contribution in [2.75, 3.05) is 26.2 Å². The first kappa shape index (κ1) is 21.5. The molecule has 0 spiro atoms. The number of benzene rings is 1. The molecule has 1 aromatic rings. The summed E-state index contributed by atoms with van der Waals surface area (Å²) >= 11 is 3.48. The van der Waals surface area contributed by atoms with Crippen LogP contribution in [0.25, 0.3) is 0 Å². The number of halogens is 2. The zero-order chi connectivity index (χ0) is 17.6. The van der Waals surface area contributed by atoms with Crippen LogP contribution >= 0.6 is 39.9 Å². The average Bonchev–Trinajstić information content (AvgIpc) is 3.24. The molecule has 1 amide bonds. The smallest absolute Gasteiger partial charge is 0.222 e. The van der Waals surface area contributed by atoms with Crippen LogP contribution in [-0.2, 0) is 4.79 Å². The van der Waals surface area contributed by atoms with E-state index in [0.29, 0.717) is 24.3 Å². The third-order valence-corrected chi connectivity index (χ3v) is 5.31. The molecule has 1 aliphatic heterocycles. The van der Waals surface area contributed by atoms with Gasteiger partial charge in [-0.1, -0.05) is 28.1 Å². The van der Waals surface area contributed by atoms with E-state index in [0.717, 1.165) is 55.9 Å². The number of amides is 1. The van der Waals surface area contributed by atoms with Gasteiger partial charge in [0.2, 0.25) is 5.91 Å². The van der Waals surface area contributed by atoms with Gasteiger partial charge in [0.1, 0.15) is 0 Å². The van der Waals surface area contributed by atoms with Gasteiger partial charge in [0.05, 0.1) is 0 Å². The molecule has 0 bridgehead atoms. The van der Waals surface area contributed by atoms with E-state index in [2.05, 4.69) is 62.7 Å². The molecule has 1 saturated heterocycles. The minimum absolute atomic E-state index is 0. The SMILES string of the molecule is CCNC(=NCCCN1CCCC1=O)NC1CC1c1ccc(Br)cc1.I. The summed E-state index contributed by atoms with van der Waals surface area (Å²) in [6, 6.07) is 9.04. The summed E-state index contributed by atoms with van der Waals surface area (Å²) in [6.07, 6.45) is 3.79. The van der Waals surface area contributed by atoms with Crippen LogP contribution in [0, 0.1) is 0 Å². The number of hydrogen-bond acceptors (Lipinski definition) is 2. The number of nitrogens with zero attached hydrogens (tertiary/aromatic N) is 2. The number of rotatable bonds is 7. The first-order chi connectivity index (χ1) is 12.2. The number of nitrogens with one attached hydrogen (secondary N) is 2. The zero-order valence-electron chi connectivity index (χ0n) is 15.2. The lowest BCUT2D eigenvalue weighted by Gasteiger charge is -2.15. The molecule has 5 nitrogen and oxygen atoms in total. The van der Waals surface area contributed by atoms with E-state index in [-0.39, 0.29) is 24.0 Å². The van der Waals surface area contributed by atoms with Gasteiger partial charge in [0.15, 0.2) is 5.96 Å². The van der Waals surface area contributed by atoms with Crippen LogP contribution in [0.2, 0.25) is 0 Å². The van der Waals surface area contributed by atoms with Crippen molar-refractivity contribution in [1.29, 1.82) is 0 Å². The fourth-order valence-corrected chi connectivity index (χ4v) is 3.59. The summed E-state index contributed by atoms with van der Waals surface area (Å²) in [6.45, 7) is 5.42. The number of hydrogen-bond donors (Lipinski definition) is 2. The fourth-order valence-electron chi connectivity index (χ4n) is 3.32. The molecule has 2 fully saturated rings. The van der Waals surface area contributed by atoms with Crippen molar-refractivity contribution in [2.45, 2.75) is 44.6 Å². The number of carbonyl (C=O) groups is 1. The third-order valence-electron chi connectivity index (χ3n) is 4.78. The maximum Gasteiger partial charge on any atom is 0.222 e. The Bertz CT molecular complexity index is 622. The topological polar surface area (TPSA) is 56.7 Å². The van der Waals surface area contributed by atoms with Crippen LogP contribution in [0.5, 0.6) is 0 Å². The molecule has 1 saturated carbocycles. The highest BCUT2D eigenvalue weighted by Crippen LogP contribution is 2.40. The summed E-state index contributed by atoms with van der Waals surface area (Å²) in [5.74, 6) is 1.75. The first-order valence-electron chi connectivity index (χ1n) is 9.25. The molecule has 2 atom stereocenters. The molecule has 26 heavy (non-hydrogen) atoms. The van der Waals surface area contributed by atoms with Gasteiger partial charge < -0.3 is 15.5 Å². The van der Waals surface area contributed by atoms with Gasteiger partial charge in [-0.3, -0.25) is 9.79 Å². The number of guanidine groups is 1. The Kier molecular flexibility index (Phi) is 8.66. The first-order valence-corrected chi connectivity index (χ1v) is 10.0. The van der Waals surface area contributed by atoms with Gasteiger partial charge in [-0.05, 0) is 43.9 Å². The lowest BCUT2D eigenvalue weighted by molar-refractivity contribution is -0.127. The molecule has 0 radical (unpaired) electrons. The highest BCUT2D eigenvalue weighted by molar-refractivity contribution is 14.0. The molecule has 2 aliphatic rings. The van der Waals surface area contributed by atoms with Crippen LogP contribution in [0.4, 0.5) is 0 Å². The van der Waals surface area contributed by atoms with E-state index in [1.807, 2.05) is 4.90 Å². The largest absolute Gasteiger partial charge is 0.357 e. The van der Waals surface area contributed by atoms with Gasteiger partial charge in [0.25, 0.3) is 0 Å². The average molecular weight is 535 g/mol. The van der Waals surface area contributed by atoms with Crippen molar-refractivity contribution in [3.8, 4) is 0 Å². The Labute approximate surface area is 181 Å². The number of carbonyl (C=O) groups excluding carboxylic acids is 1. The van der Waals surface area contributed by atoms with Crippen molar-refractivity contribution in [2.24, 2.45) is 4.99 Å². The van der Waals surface area contributed by atoms with Crippen LogP contribution in [0.1, 0.15) is 44.1 Å². The molecule has 1 heterocycles. The molecule has 2 N–H and O–H groups in total. The minimum Gasteiger partial charge on any atom is -0.357 e. The van der Waals surface area contributed by atoms with E-state index < -0.39 is 0 Å². The molecule has 144 valence electrons. The summed E-state index contributed by atoms with van der Waals surface area (Å²) in [4.78, 5) is 18.2. The summed E-state index contributed by atoms with van der Waals surface area (Å²) in [5.41, 5.74) is 1.38. The summed E-state index contributed by atoms with van der Waals surface area (Å²) in [5, 5.41) is 6.86. The Morgan fingerprint density at radius 3 is 2.77 bits per heavy atom. The zero-order valence-corrected chi connectivity index (χ0v) is 19.1. The molecule has 2 unspecified atom stereocenters. The lowest BCUT2D eigenvalue weighted by Crippen LogP contribution is -2.39. The van der Waals surface area contributed by atoms with Crippen molar-refractivity contribution in [3.63, 3.8) is 0 Å². The molecular weight excluding hydrogens is 507 g/mol. The Morgan fingerprint density at radius 1 is 1.35 bits per heavy atom. The Hall–Kier alpha value is -0.830. The van der Waals surface area contributed by atoms with Crippen molar-refractivity contribution >= 4 is 51.8 Å². The van der Waals surface area contributed by atoms with Crippen LogP contribution in [0.15, 0.2) is 33.7 Å². The van der Waals surface area contributed by atoms with Crippen molar-refractivity contribution < 1.29 is 4.79 Å². The van der Waals surface area contributed by atoms with Crippen molar-refractivity contribution in [3.05, 3.63) is 34.3 Å². The monoisotopic (exact) mass is 534 g/mol. The maximum absolute atomic E-state index is 11.6. The predicted octanol–water partition coefficient (Wildman–Crippen LogP) is 3.49. The van der Waals surface area contributed by atoms with Gasteiger partial charge in [-0.25, -0.2) is 0 Å². The third kappa shape index (κ3) is 6.11. The molecule has 3 rings (SSSR count). The molecule has 7 heteroatoms. The summed E-state index contributed by atoms with van der Waals surface area (Å²) in [7, 11) is 0. The number of aliphatic imine (C=N–C) groups is 1. The van der Waals surface area contributed by atoms with Gasteiger partial charge in [0, 0.05) is 49.0 Å². The van der Waals surface area contributed by atoms with E-state index in [1.54, 1.807) is 0 Å². The second-order valence-electron chi connectivity index (χ2n) is 6.74. The van der Waals surface area contributed by atoms with Gasteiger partial charge in [-0.2, -0.15) is 0 Å². The fraction of sp³-hybridized carbons (Fsp3) is 0.579. The Balaban J connectivity index is 0.00000243. The Morgan fingerprint density at radius 2 is 2.12 bits per heavy atom. The predicted molar refractivity (Wildman–Crippen MR) is 120 cm³/mol. The molecule has 1 aliphatic carbocycles. The minimum atomic E-state index is 0. The van der Waals surface area contributed by atoms with Gasteiger partial charge >= 0.3 is 0 Å².